The molecule has 1 aliphatic carbocycles. The monoisotopic (exact) mass is 270 g/mol. The predicted octanol–water partition coefficient (Wildman–Crippen LogP) is -1.96. The van der Waals surface area contributed by atoms with E-state index in [9.17, 15) is 19.8 Å². The first-order valence-electron chi connectivity index (χ1n) is 3.52. The largest absolute Gasteiger partial charge is 2.00 e. The average molecular weight is 269 g/mol. The minimum atomic E-state index is -1.69. The Morgan fingerprint density at radius 1 is 1.00 bits per heavy atom. The standard InChI is InChI=1S/C7H10O4.Cd/c8-5(9)7(6(10)11)3-1-2-4-7;/h1-4H2,(H,8,9)(H,10,11);/q;+2/p-2. The molecular formula is C7H8CdO4. The maximum absolute atomic E-state index is 10.4. The topological polar surface area (TPSA) is 80.3 Å². The van der Waals surface area contributed by atoms with Gasteiger partial charge < -0.3 is 19.8 Å². The predicted molar refractivity (Wildman–Crippen MR) is 30.9 cm³/mol. The summed E-state index contributed by atoms with van der Waals surface area (Å²) >= 11 is 0. The first kappa shape index (κ1) is 11.9. The van der Waals surface area contributed by atoms with Gasteiger partial charge in [-0.05, 0) is 12.8 Å². The summed E-state index contributed by atoms with van der Waals surface area (Å²) in [7, 11) is 0. The zero-order valence-electron chi connectivity index (χ0n) is 6.67. The van der Waals surface area contributed by atoms with Crippen molar-refractivity contribution in [3.63, 3.8) is 0 Å². The molecule has 0 aromatic heterocycles. The van der Waals surface area contributed by atoms with Gasteiger partial charge in [-0.3, -0.25) is 0 Å². The maximum atomic E-state index is 10.4. The summed E-state index contributed by atoms with van der Waals surface area (Å²) in [5.41, 5.74) is -1.69. The first-order chi connectivity index (χ1) is 5.09. The second-order valence-corrected chi connectivity index (χ2v) is 2.86. The minimum Gasteiger partial charge on any atom is -0.549 e. The number of aliphatic carboxylic acids is 2. The Labute approximate surface area is 90.1 Å². The summed E-state index contributed by atoms with van der Waals surface area (Å²) < 4.78 is 0. The molecule has 0 spiro atoms. The third-order valence-electron chi connectivity index (χ3n) is 2.24. The molecular weight excluding hydrogens is 260 g/mol. The molecule has 1 rings (SSSR count). The molecule has 1 saturated carbocycles. The van der Waals surface area contributed by atoms with E-state index in [1.807, 2.05) is 0 Å². The van der Waals surface area contributed by atoms with Gasteiger partial charge in [0.15, 0.2) is 0 Å². The molecule has 12 heavy (non-hydrogen) atoms. The molecule has 0 aromatic rings. The number of carboxylic acid groups (broad SMARTS) is 2. The molecule has 0 amide bonds. The summed E-state index contributed by atoms with van der Waals surface area (Å²) in [4.78, 5) is 20.9. The van der Waals surface area contributed by atoms with Crippen molar-refractivity contribution in [2.24, 2.45) is 5.41 Å². The molecule has 0 atom stereocenters. The summed E-state index contributed by atoms with van der Waals surface area (Å²) in [5, 5.41) is 20.9. The smallest absolute Gasteiger partial charge is 0.549 e. The Kier molecular flexibility index (Phi) is 4.15. The number of hydrogen-bond acceptors (Lipinski definition) is 4. The number of carbonyl (C=O) groups excluding carboxylic acids is 2. The van der Waals surface area contributed by atoms with Crippen LogP contribution in [0.4, 0.5) is 0 Å². The molecule has 0 aromatic carbocycles. The molecule has 0 bridgehead atoms. The summed E-state index contributed by atoms with van der Waals surface area (Å²) in [5.74, 6) is -3.01. The molecule has 1 aliphatic rings. The Bertz CT molecular complexity index is 180. The van der Waals surface area contributed by atoms with E-state index in [1.54, 1.807) is 0 Å². The third kappa shape index (κ3) is 1.78. The van der Waals surface area contributed by atoms with E-state index < -0.39 is 17.4 Å². The van der Waals surface area contributed by atoms with Gasteiger partial charge in [0, 0.05) is 5.41 Å². The summed E-state index contributed by atoms with van der Waals surface area (Å²) in [6.07, 6.45) is 1.55. The van der Waals surface area contributed by atoms with Gasteiger partial charge in [0.1, 0.15) is 0 Å². The normalized spacial score (nSPS) is 19.7. The fourth-order valence-electron chi connectivity index (χ4n) is 1.47. The van der Waals surface area contributed by atoms with Crippen LogP contribution in [0.1, 0.15) is 25.7 Å². The third-order valence-corrected chi connectivity index (χ3v) is 2.24. The molecule has 0 saturated heterocycles. The van der Waals surface area contributed by atoms with Gasteiger partial charge in [0.25, 0.3) is 0 Å². The molecule has 0 heterocycles. The molecule has 0 N–H and O–H groups in total. The quantitative estimate of drug-likeness (QED) is 0.430. The fraction of sp³-hybridized carbons (Fsp3) is 0.714. The van der Waals surface area contributed by atoms with Crippen LogP contribution >= 0.6 is 0 Å². The number of hydrogen-bond donors (Lipinski definition) is 0. The Morgan fingerprint density at radius 3 is 1.50 bits per heavy atom. The van der Waals surface area contributed by atoms with E-state index in [-0.39, 0.29) is 40.1 Å². The second-order valence-electron chi connectivity index (χ2n) is 2.86. The van der Waals surface area contributed by atoms with Crippen LogP contribution < -0.4 is 10.2 Å². The van der Waals surface area contributed by atoms with E-state index >= 15 is 0 Å². The van der Waals surface area contributed by atoms with Gasteiger partial charge in [0.05, 0.1) is 11.9 Å². The van der Waals surface area contributed by atoms with Gasteiger partial charge in [-0.2, -0.15) is 0 Å². The summed E-state index contributed by atoms with van der Waals surface area (Å²) in [6, 6.07) is 0. The maximum Gasteiger partial charge on any atom is 2.00 e. The number of carboxylic acids is 2. The zero-order chi connectivity index (χ0) is 8.48. The Balaban J connectivity index is 0.00000121. The van der Waals surface area contributed by atoms with Gasteiger partial charge in [-0.1, -0.05) is 12.8 Å². The zero-order valence-corrected chi connectivity index (χ0v) is 10.7. The SMILES string of the molecule is O=C([O-])C1(C(=O)[O-])CCCC1.[Cd+2]. The second kappa shape index (κ2) is 4.20. The van der Waals surface area contributed by atoms with Crippen LogP contribution in [-0.2, 0) is 36.9 Å². The van der Waals surface area contributed by atoms with E-state index in [0.29, 0.717) is 12.8 Å². The van der Waals surface area contributed by atoms with Crippen LogP contribution in [0.25, 0.3) is 0 Å². The average Bonchev–Trinajstić information content (AvgIpc) is 2.34. The minimum absolute atomic E-state index is 0. The van der Waals surface area contributed by atoms with Crippen LogP contribution in [0.2, 0.25) is 0 Å². The molecule has 5 heteroatoms. The molecule has 4 nitrogen and oxygen atoms in total. The van der Waals surface area contributed by atoms with E-state index in [4.69, 9.17) is 0 Å². The van der Waals surface area contributed by atoms with Crippen LogP contribution in [0.15, 0.2) is 0 Å². The van der Waals surface area contributed by atoms with Crippen molar-refractivity contribution in [2.45, 2.75) is 25.7 Å². The van der Waals surface area contributed by atoms with Crippen LogP contribution in [0, 0.1) is 5.41 Å². The number of carbonyl (C=O) groups is 2. The van der Waals surface area contributed by atoms with Crippen LogP contribution in [0.5, 0.6) is 0 Å². The van der Waals surface area contributed by atoms with Gasteiger partial charge in [-0.15, -0.1) is 0 Å². The number of rotatable bonds is 2. The first-order valence-corrected chi connectivity index (χ1v) is 3.52. The van der Waals surface area contributed by atoms with E-state index in [1.165, 1.54) is 0 Å². The van der Waals surface area contributed by atoms with Crippen molar-refractivity contribution in [1.82, 2.24) is 0 Å². The Hall–Kier alpha value is -0.138. The van der Waals surface area contributed by atoms with Crippen LogP contribution in [-0.4, -0.2) is 11.9 Å². The van der Waals surface area contributed by atoms with Crippen molar-refractivity contribution < 1.29 is 47.1 Å². The summed E-state index contributed by atoms with van der Waals surface area (Å²) in [6.45, 7) is 0. The molecule has 1 fully saturated rings. The van der Waals surface area contributed by atoms with Crippen LogP contribution in [0.3, 0.4) is 0 Å². The molecule has 0 aliphatic heterocycles. The Morgan fingerprint density at radius 2 is 1.33 bits per heavy atom. The molecule has 62 valence electrons. The van der Waals surface area contributed by atoms with Gasteiger partial charge in [-0.25, -0.2) is 0 Å². The van der Waals surface area contributed by atoms with Crippen molar-refractivity contribution in [3.05, 3.63) is 0 Å². The van der Waals surface area contributed by atoms with Crippen molar-refractivity contribution in [2.75, 3.05) is 0 Å². The molecule has 0 unspecified atom stereocenters. The van der Waals surface area contributed by atoms with Crippen molar-refractivity contribution in [1.29, 1.82) is 0 Å². The van der Waals surface area contributed by atoms with E-state index in [0.717, 1.165) is 0 Å². The van der Waals surface area contributed by atoms with Crippen molar-refractivity contribution >= 4 is 11.9 Å². The van der Waals surface area contributed by atoms with E-state index in [2.05, 4.69) is 0 Å². The molecule has 0 radical (unpaired) electrons. The fourth-order valence-corrected chi connectivity index (χ4v) is 1.47. The van der Waals surface area contributed by atoms with Gasteiger partial charge >= 0.3 is 27.3 Å². The van der Waals surface area contributed by atoms with Gasteiger partial charge in [0.2, 0.25) is 0 Å². The van der Waals surface area contributed by atoms with Crippen molar-refractivity contribution in [3.8, 4) is 0 Å².